The summed E-state index contributed by atoms with van der Waals surface area (Å²) in [4.78, 5) is 8.63. The van der Waals surface area contributed by atoms with Gasteiger partial charge >= 0.3 is 0 Å². The van der Waals surface area contributed by atoms with Gasteiger partial charge in [-0.1, -0.05) is 14.4 Å². The summed E-state index contributed by atoms with van der Waals surface area (Å²) in [6, 6.07) is 0. The molecule has 0 spiro atoms. The quantitative estimate of drug-likeness (QED) is 0.793. The molecule has 3 heterocycles. The van der Waals surface area contributed by atoms with Crippen molar-refractivity contribution in [1.29, 1.82) is 0 Å². The second-order valence-electron chi connectivity index (χ2n) is 4.23. The Bertz CT molecular complexity index is 497. The molecule has 0 aromatic carbocycles. The first-order chi connectivity index (χ1) is 7.84. The van der Waals surface area contributed by atoms with Crippen molar-refractivity contribution in [2.45, 2.75) is 20.8 Å². The molecule has 0 aliphatic carbocycles. The van der Waals surface area contributed by atoms with Crippen LogP contribution < -0.4 is 5.32 Å². The molecule has 2 N–H and O–H groups in total. The van der Waals surface area contributed by atoms with E-state index in [1.807, 2.05) is 6.20 Å². The average molecular weight is 233 g/mol. The van der Waals surface area contributed by atoms with Gasteiger partial charge in [0.15, 0.2) is 0 Å². The normalized spacial score (nSPS) is 17.8. The van der Waals surface area contributed by atoms with E-state index in [-0.39, 0.29) is 8.85 Å². The molecule has 0 saturated heterocycles. The molecule has 0 saturated carbocycles. The molecule has 1 atom stereocenters. The highest BCUT2D eigenvalue weighted by atomic mass is 15.1. The number of H-pyrrole nitrogens is 1. The van der Waals surface area contributed by atoms with E-state index in [0.29, 0.717) is 5.92 Å². The molecule has 0 fully saturated rings. The van der Waals surface area contributed by atoms with Gasteiger partial charge in [0.25, 0.3) is 0 Å². The highest BCUT2D eigenvalue weighted by molar-refractivity contribution is 5.67. The van der Waals surface area contributed by atoms with Crippen molar-refractivity contribution in [2.24, 2.45) is 5.92 Å². The summed E-state index contributed by atoms with van der Waals surface area (Å²) in [5.74, 6) is 1.58. The predicted molar refractivity (Wildman–Crippen MR) is 69.8 cm³/mol. The van der Waals surface area contributed by atoms with Crippen LogP contribution in [0.25, 0.3) is 11.3 Å². The molecule has 5 nitrogen and oxygen atoms in total. The molecule has 0 radical (unpaired) electrons. The van der Waals surface area contributed by atoms with Crippen molar-refractivity contribution < 1.29 is 1.43 Å². The van der Waals surface area contributed by atoms with Crippen molar-refractivity contribution >= 4 is 5.82 Å². The molecule has 1 aliphatic rings. The summed E-state index contributed by atoms with van der Waals surface area (Å²) in [5.41, 5.74) is 3.20. The Morgan fingerprint density at radius 1 is 1.41 bits per heavy atom. The fraction of sp³-hybridized carbons (Fsp3) is 0.417. The first kappa shape index (κ1) is 11.6. The summed E-state index contributed by atoms with van der Waals surface area (Å²) in [6.45, 7) is 3.21. The number of fused-ring (bicyclic) bond motifs is 1. The first-order valence-corrected chi connectivity index (χ1v) is 5.41. The zero-order valence-electron chi connectivity index (χ0n) is 9.07. The van der Waals surface area contributed by atoms with Crippen molar-refractivity contribution in [2.75, 3.05) is 11.9 Å². The largest absolute Gasteiger partial charge is 0.369 e. The van der Waals surface area contributed by atoms with Gasteiger partial charge in [0, 0.05) is 25.3 Å². The zero-order valence-corrected chi connectivity index (χ0v) is 9.07. The molecule has 0 amide bonds. The summed E-state index contributed by atoms with van der Waals surface area (Å²) in [6.07, 6.45) is 6.28. The lowest BCUT2D eigenvalue weighted by Gasteiger charge is -2.23. The fourth-order valence-electron chi connectivity index (χ4n) is 2.08. The highest BCUT2D eigenvalue weighted by Crippen LogP contribution is 2.30. The van der Waals surface area contributed by atoms with Crippen LogP contribution in [-0.4, -0.2) is 26.7 Å². The van der Waals surface area contributed by atoms with Crippen LogP contribution in [0.4, 0.5) is 5.82 Å². The monoisotopic (exact) mass is 233 g/mol. The number of anilines is 1. The van der Waals surface area contributed by atoms with Crippen LogP contribution in [0, 0.1) is 5.92 Å². The molecular weight excluding hydrogens is 214 g/mol. The third kappa shape index (κ3) is 2.00. The third-order valence-electron chi connectivity index (χ3n) is 2.89. The summed E-state index contributed by atoms with van der Waals surface area (Å²) in [7, 11) is 0. The van der Waals surface area contributed by atoms with E-state index in [4.69, 9.17) is 0 Å². The topological polar surface area (TPSA) is 66.5 Å². The maximum absolute atomic E-state index is 4.36. The smallest absolute Gasteiger partial charge is 0.133 e. The summed E-state index contributed by atoms with van der Waals surface area (Å²) in [5, 5.41) is 10.1. The molecule has 2 aromatic rings. The second-order valence-corrected chi connectivity index (χ2v) is 4.23. The van der Waals surface area contributed by atoms with Gasteiger partial charge in [-0.05, 0) is 12.3 Å². The van der Waals surface area contributed by atoms with E-state index in [1.54, 1.807) is 12.5 Å². The van der Waals surface area contributed by atoms with Gasteiger partial charge < -0.3 is 5.32 Å². The summed E-state index contributed by atoms with van der Waals surface area (Å²) < 4.78 is 0. The molecule has 0 bridgehead atoms. The Hall–Kier alpha value is -1.91. The summed E-state index contributed by atoms with van der Waals surface area (Å²) >= 11 is 0. The van der Waals surface area contributed by atoms with E-state index in [9.17, 15) is 0 Å². The Balaban J connectivity index is 0.000000810. The van der Waals surface area contributed by atoms with Gasteiger partial charge in [-0.25, -0.2) is 9.97 Å². The number of nitrogens with one attached hydrogen (secondary N) is 2. The molecule has 5 heteroatoms. The van der Waals surface area contributed by atoms with Crippen molar-refractivity contribution in [3.05, 3.63) is 24.3 Å². The van der Waals surface area contributed by atoms with E-state index in [1.165, 1.54) is 5.56 Å². The van der Waals surface area contributed by atoms with Crippen LogP contribution in [0.1, 0.15) is 21.3 Å². The van der Waals surface area contributed by atoms with Gasteiger partial charge in [-0.3, -0.25) is 5.10 Å². The van der Waals surface area contributed by atoms with Crippen LogP contribution in [-0.2, 0) is 6.42 Å². The Morgan fingerprint density at radius 3 is 3.06 bits per heavy atom. The molecule has 3 rings (SSSR count). The number of aromatic nitrogens is 4. The van der Waals surface area contributed by atoms with Crippen LogP contribution in [0.15, 0.2) is 18.7 Å². The Kier molecular flexibility index (Phi) is 3.08. The Labute approximate surface area is 102 Å². The SMILES string of the molecule is C.CC1CNc2ncnc(-c3cn[nH]c3)c2C1.[HH]. The minimum Gasteiger partial charge on any atom is -0.369 e. The van der Waals surface area contributed by atoms with Crippen LogP contribution >= 0.6 is 0 Å². The molecule has 1 aliphatic heterocycles. The fourth-order valence-corrected chi connectivity index (χ4v) is 2.08. The highest BCUT2D eigenvalue weighted by Gasteiger charge is 2.20. The lowest BCUT2D eigenvalue weighted by molar-refractivity contribution is 0.589. The van der Waals surface area contributed by atoms with Crippen LogP contribution in [0.5, 0.6) is 0 Å². The predicted octanol–water partition coefficient (Wildman–Crippen LogP) is 2.35. The molecule has 92 valence electrons. The van der Waals surface area contributed by atoms with E-state index in [0.717, 1.165) is 30.0 Å². The van der Waals surface area contributed by atoms with Crippen molar-refractivity contribution in [1.82, 2.24) is 20.2 Å². The zero-order chi connectivity index (χ0) is 11.0. The van der Waals surface area contributed by atoms with Gasteiger partial charge in [0.2, 0.25) is 0 Å². The number of hydrogen-bond acceptors (Lipinski definition) is 4. The van der Waals surface area contributed by atoms with E-state index < -0.39 is 0 Å². The maximum atomic E-state index is 4.36. The molecule has 2 aromatic heterocycles. The van der Waals surface area contributed by atoms with Gasteiger partial charge in [-0.15, -0.1) is 0 Å². The second kappa shape index (κ2) is 4.53. The lowest BCUT2D eigenvalue weighted by Crippen LogP contribution is -2.22. The lowest BCUT2D eigenvalue weighted by atomic mass is 9.95. The van der Waals surface area contributed by atoms with Gasteiger partial charge in [0.05, 0.1) is 11.9 Å². The van der Waals surface area contributed by atoms with Gasteiger partial charge in [-0.2, -0.15) is 5.10 Å². The van der Waals surface area contributed by atoms with Crippen LogP contribution in [0.2, 0.25) is 0 Å². The molecule has 1 unspecified atom stereocenters. The first-order valence-electron chi connectivity index (χ1n) is 5.41. The average Bonchev–Trinajstić information content (AvgIpc) is 2.81. The van der Waals surface area contributed by atoms with E-state index >= 15 is 0 Å². The number of aromatic amines is 1. The molecular formula is C12H19N5. The standard InChI is InChI=1S/C11H13N5.CH4.H2/c1-7-2-9-10(8-4-15-16-5-8)13-6-14-11(9)12-3-7;;/h4-7H,2-3H2,1H3,(H,15,16)(H,12,13,14);1H4;1H. The van der Waals surface area contributed by atoms with Crippen molar-refractivity contribution in [3.63, 3.8) is 0 Å². The number of nitrogens with zero attached hydrogens (tertiary/aromatic N) is 3. The number of hydrogen-bond donors (Lipinski definition) is 2. The minimum atomic E-state index is 0. The maximum Gasteiger partial charge on any atom is 0.133 e. The van der Waals surface area contributed by atoms with E-state index in [2.05, 4.69) is 32.4 Å². The molecule has 17 heavy (non-hydrogen) atoms. The van der Waals surface area contributed by atoms with Crippen LogP contribution in [0.3, 0.4) is 0 Å². The van der Waals surface area contributed by atoms with Crippen molar-refractivity contribution in [3.8, 4) is 11.3 Å². The minimum absolute atomic E-state index is 0. The van der Waals surface area contributed by atoms with Gasteiger partial charge in [0.1, 0.15) is 12.1 Å². The Morgan fingerprint density at radius 2 is 2.29 bits per heavy atom. The third-order valence-corrected chi connectivity index (χ3v) is 2.89. The number of rotatable bonds is 1.